The second-order valence-electron chi connectivity index (χ2n) is 13.3. The first kappa shape index (κ1) is 31.6. The summed E-state index contributed by atoms with van der Waals surface area (Å²) in [7, 11) is 0. The molecule has 2 aromatic rings. The number of allylic oxidation sites excluding steroid dienone is 1. The van der Waals surface area contributed by atoms with Crippen molar-refractivity contribution < 1.29 is 27.6 Å². The van der Waals surface area contributed by atoms with Crippen LogP contribution in [-0.4, -0.2) is 82.6 Å². The molecule has 12 heteroatoms. The second-order valence-corrected chi connectivity index (χ2v) is 13.7. The Bertz CT molecular complexity index is 1540. The molecule has 4 aliphatic rings. The molecule has 0 aromatic heterocycles. The first-order valence-electron chi connectivity index (χ1n) is 15.3. The third-order valence-corrected chi connectivity index (χ3v) is 9.66. The van der Waals surface area contributed by atoms with Crippen molar-refractivity contribution in [2.45, 2.75) is 64.8 Å². The molecule has 3 heterocycles. The molecule has 0 bridgehead atoms. The molecule has 240 valence electrons. The van der Waals surface area contributed by atoms with Gasteiger partial charge in [0.25, 0.3) is 5.91 Å². The summed E-state index contributed by atoms with van der Waals surface area (Å²) in [6.07, 6.45) is -1.63. The molecule has 6 rings (SSSR count). The summed E-state index contributed by atoms with van der Waals surface area (Å²) in [5, 5.41) is 5.36. The maximum Gasteiger partial charge on any atom is 0.405 e. The molecule has 2 fully saturated rings. The first-order valence-corrected chi connectivity index (χ1v) is 15.7. The number of benzene rings is 2. The van der Waals surface area contributed by atoms with Gasteiger partial charge < -0.3 is 0 Å². The van der Waals surface area contributed by atoms with Gasteiger partial charge in [0.05, 0.1) is 13.1 Å². The zero-order valence-electron chi connectivity index (χ0n) is 25.4. The number of amides is 4. The van der Waals surface area contributed by atoms with Gasteiger partial charge in [0.15, 0.2) is 0 Å². The van der Waals surface area contributed by atoms with E-state index in [0.717, 1.165) is 24.8 Å². The molecule has 8 nitrogen and oxygen atoms in total. The van der Waals surface area contributed by atoms with Gasteiger partial charge in [-0.05, 0) is 65.1 Å². The number of alkyl halides is 3. The molecule has 0 spiro atoms. The van der Waals surface area contributed by atoms with E-state index < -0.39 is 24.2 Å². The van der Waals surface area contributed by atoms with Gasteiger partial charge in [-0.1, -0.05) is 55.3 Å². The predicted molar refractivity (Wildman–Crippen MR) is 164 cm³/mol. The molecule has 1 unspecified atom stereocenters. The third kappa shape index (κ3) is 6.76. The van der Waals surface area contributed by atoms with Gasteiger partial charge in [0, 0.05) is 49.7 Å². The predicted octanol–water partition coefficient (Wildman–Crippen LogP) is 5.87. The number of hydrogen-bond donors (Lipinski definition) is 1. The summed E-state index contributed by atoms with van der Waals surface area (Å²) >= 11 is 6.13. The van der Waals surface area contributed by atoms with Crippen molar-refractivity contribution >= 4 is 35.0 Å². The van der Waals surface area contributed by atoms with Crippen molar-refractivity contribution in [3.8, 4) is 0 Å². The number of rotatable bonds is 6. The van der Waals surface area contributed by atoms with E-state index in [1.54, 1.807) is 18.2 Å². The van der Waals surface area contributed by atoms with Gasteiger partial charge in [0.2, 0.25) is 5.91 Å². The topological polar surface area (TPSA) is 76.2 Å². The van der Waals surface area contributed by atoms with Gasteiger partial charge in [-0.15, -0.1) is 0 Å². The van der Waals surface area contributed by atoms with E-state index in [1.165, 1.54) is 26.1 Å². The van der Waals surface area contributed by atoms with Crippen LogP contribution in [0.2, 0.25) is 5.02 Å². The molecule has 1 N–H and O–H groups in total. The number of hydrazine groups is 1. The van der Waals surface area contributed by atoms with Gasteiger partial charge in [-0.3, -0.25) is 24.7 Å². The Hall–Kier alpha value is -3.41. The van der Waals surface area contributed by atoms with E-state index >= 15 is 0 Å². The van der Waals surface area contributed by atoms with Crippen LogP contribution in [0.1, 0.15) is 66.6 Å². The van der Waals surface area contributed by atoms with E-state index in [9.17, 15) is 27.6 Å². The van der Waals surface area contributed by atoms with Crippen LogP contribution < -0.4 is 5.32 Å². The Morgan fingerprint density at radius 3 is 2.42 bits per heavy atom. The fourth-order valence-electron chi connectivity index (χ4n) is 6.93. The van der Waals surface area contributed by atoms with Crippen LogP contribution in [-0.2, 0) is 17.9 Å². The molecule has 45 heavy (non-hydrogen) atoms. The number of carbonyl (C=O) groups is 3. The van der Waals surface area contributed by atoms with Gasteiger partial charge in [0.1, 0.15) is 6.04 Å². The Morgan fingerprint density at radius 1 is 0.956 bits per heavy atom. The summed E-state index contributed by atoms with van der Waals surface area (Å²) in [5.74, 6) is -0.773. The maximum absolute atomic E-state index is 14.5. The Kier molecular flexibility index (Phi) is 8.47. The molecule has 1 aliphatic carbocycles. The molecule has 0 radical (unpaired) electrons. The van der Waals surface area contributed by atoms with Crippen molar-refractivity contribution in [3.63, 3.8) is 0 Å². The van der Waals surface area contributed by atoms with E-state index in [0.29, 0.717) is 34.8 Å². The summed E-state index contributed by atoms with van der Waals surface area (Å²) in [5.41, 5.74) is 5.33. The van der Waals surface area contributed by atoms with Crippen LogP contribution in [0, 0.1) is 5.41 Å². The number of fused-ring (bicyclic) bond motifs is 1. The van der Waals surface area contributed by atoms with Crippen LogP contribution in [0.4, 0.5) is 18.0 Å². The number of piperazine rings is 1. The largest absolute Gasteiger partial charge is 0.405 e. The second kappa shape index (κ2) is 12.1. The lowest BCUT2D eigenvalue weighted by Crippen LogP contribution is -2.58. The third-order valence-electron chi connectivity index (χ3n) is 9.41. The summed E-state index contributed by atoms with van der Waals surface area (Å²) in [6, 6.07) is 10.5. The molecule has 0 saturated carbocycles. The minimum atomic E-state index is -4.41. The number of carbonyl (C=O) groups excluding carboxylic acids is 3. The van der Waals surface area contributed by atoms with E-state index in [-0.39, 0.29) is 50.5 Å². The number of halogens is 4. The van der Waals surface area contributed by atoms with Gasteiger partial charge >= 0.3 is 12.2 Å². The fourth-order valence-corrected chi connectivity index (χ4v) is 7.05. The zero-order chi connectivity index (χ0) is 32.1. The van der Waals surface area contributed by atoms with Crippen LogP contribution in [0.25, 0.3) is 5.57 Å². The smallest absolute Gasteiger partial charge is 0.296 e. The average Bonchev–Trinajstić information content (AvgIpc) is 3.29. The van der Waals surface area contributed by atoms with Crippen molar-refractivity contribution in [1.82, 2.24) is 25.1 Å². The Labute approximate surface area is 265 Å². The van der Waals surface area contributed by atoms with E-state index in [4.69, 9.17) is 11.6 Å². The highest BCUT2D eigenvalue weighted by Gasteiger charge is 2.47. The van der Waals surface area contributed by atoms with Gasteiger partial charge in [-0.2, -0.15) is 13.2 Å². The first-order chi connectivity index (χ1) is 21.3. The van der Waals surface area contributed by atoms with Crippen LogP contribution in [0.15, 0.2) is 48.0 Å². The van der Waals surface area contributed by atoms with Crippen molar-refractivity contribution in [2.75, 3.05) is 32.7 Å². The highest BCUT2D eigenvalue weighted by Crippen LogP contribution is 2.43. The van der Waals surface area contributed by atoms with Crippen molar-refractivity contribution in [2.24, 2.45) is 5.41 Å². The van der Waals surface area contributed by atoms with Crippen LogP contribution >= 0.6 is 11.6 Å². The molecule has 4 amide bonds. The minimum Gasteiger partial charge on any atom is -0.296 e. The fraction of sp³-hybridized carbons (Fsp3) is 0.485. The number of nitrogens with one attached hydrogen (secondary N) is 1. The van der Waals surface area contributed by atoms with Crippen LogP contribution in [0.3, 0.4) is 0 Å². The average molecular weight is 644 g/mol. The molecule has 1 atom stereocenters. The summed E-state index contributed by atoms with van der Waals surface area (Å²) < 4.78 is 43.5. The van der Waals surface area contributed by atoms with E-state index in [1.807, 2.05) is 29.2 Å². The Balaban J connectivity index is 1.16. The van der Waals surface area contributed by atoms with Gasteiger partial charge in [-0.25, -0.2) is 14.8 Å². The lowest BCUT2D eigenvalue weighted by molar-refractivity contribution is -0.198. The van der Waals surface area contributed by atoms with Crippen molar-refractivity contribution in [3.05, 3.63) is 75.3 Å². The maximum atomic E-state index is 14.5. The monoisotopic (exact) mass is 643 g/mol. The molecule has 2 aromatic carbocycles. The number of urea groups is 1. The standard InChI is InChI=1S/C33H37ClF3N5O3/c1-32(2)11-9-23(27(16-32)22-4-6-25(34)7-5-22)18-39-13-14-40(28(20-39)33(35,36)37)17-21-3-8-26-24(15-21)19-42(30(26)44)41-12-10-29(43)38-31(41)45/h3-8,15,28H,9-14,16-20H2,1-2H3,(H,38,43,45). The minimum absolute atomic E-state index is 0.0830. The Morgan fingerprint density at radius 2 is 1.71 bits per heavy atom. The lowest BCUT2D eigenvalue weighted by Gasteiger charge is -2.43. The molecular formula is C33H37ClF3N5O3. The number of imide groups is 1. The molecule has 2 saturated heterocycles. The lowest BCUT2D eigenvalue weighted by atomic mass is 9.72. The number of hydrogen-bond acceptors (Lipinski definition) is 5. The number of nitrogens with zero attached hydrogens (tertiary/aromatic N) is 4. The zero-order valence-corrected chi connectivity index (χ0v) is 26.2. The highest BCUT2D eigenvalue weighted by atomic mass is 35.5. The normalized spacial score (nSPS) is 23.1. The SMILES string of the molecule is CC1(C)CCC(CN2CCN(Cc3ccc4c(c3)CN(N3CCC(=O)NC3=O)C4=O)C(C(F)(F)F)C2)=C(c2ccc(Cl)cc2)C1. The summed E-state index contributed by atoms with van der Waals surface area (Å²) in [4.78, 5) is 40.3. The quantitative estimate of drug-likeness (QED) is 0.427. The van der Waals surface area contributed by atoms with Crippen molar-refractivity contribution in [1.29, 1.82) is 0 Å². The van der Waals surface area contributed by atoms with Crippen LogP contribution in [0.5, 0.6) is 0 Å². The summed E-state index contributed by atoms with van der Waals surface area (Å²) in [6.45, 7) is 5.90. The highest BCUT2D eigenvalue weighted by molar-refractivity contribution is 6.30. The molecular weight excluding hydrogens is 607 g/mol. The molecule has 3 aliphatic heterocycles. The van der Waals surface area contributed by atoms with E-state index in [2.05, 4.69) is 19.2 Å².